The molecule has 0 radical (unpaired) electrons. The van der Waals surface area contributed by atoms with Crippen LogP contribution in [0.5, 0.6) is 0 Å². The predicted octanol–water partition coefficient (Wildman–Crippen LogP) is 4.30. The first-order chi connectivity index (χ1) is 18.4. The summed E-state index contributed by atoms with van der Waals surface area (Å²) < 4.78 is 51.8. The number of hydrogen-bond acceptors (Lipinski definition) is 8. The third-order valence-electron chi connectivity index (χ3n) is 5.34. The average Bonchev–Trinajstić information content (AvgIpc) is 2.88. The summed E-state index contributed by atoms with van der Waals surface area (Å²) in [5.41, 5.74) is 5.35. The highest BCUT2D eigenvalue weighted by Crippen LogP contribution is 2.31. The van der Waals surface area contributed by atoms with E-state index in [0.29, 0.717) is 11.3 Å². The standard InChI is InChI=1S/C25H24F4N8O2/c1-13(22(38)34-17-7-3-5-15(9-17)11-26)32-20-19(12-30)21(37-24(31)36-20)33-14(2)23(39)35-18-8-4-6-16(10-18)25(27,28)29/h3-10,13-14H,11H2,1-2H3,(H,34,38)(H,35,39)(H4,31,32,33,36,37)/t13-,14-/m0/s1. The number of nitrogen functional groups attached to an aromatic ring is 1. The summed E-state index contributed by atoms with van der Waals surface area (Å²) in [6.07, 6.45) is -4.58. The zero-order valence-electron chi connectivity index (χ0n) is 20.7. The first-order valence-corrected chi connectivity index (χ1v) is 11.5. The van der Waals surface area contributed by atoms with Gasteiger partial charge in [0.2, 0.25) is 17.8 Å². The van der Waals surface area contributed by atoms with Gasteiger partial charge in [0.25, 0.3) is 0 Å². The van der Waals surface area contributed by atoms with E-state index in [1.54, 1.807) is 18.2 Å². The molecule has 10 nitrogen and oxygen atoms in total. The number of aromatic nitrogens is 2. The maximum atomic E-state index is 13.0. The number of benzene rings is 2. The number of amides is 2. The lowest BCUT2D eigenvalue weighted by Crippen LogP contribution is -2.34. The van der Waals surface area contributed by atoms with Crippen LogP contribution < -0.4 is 27.0 Å². The SMILES string of the molecule is C[C@H](Nc1nc(N)nc(N[C@@H](C)C(=O)Nc2cccc(C(F)(F)F)c2)c1C#N)C(=O)Nc1cccc(CF)c1. The zero-order chi connectivity index (χ0) is 28.7. The average molecular weight is 545 g/mol. The van der Waals surface area contributed by atoms with Gasteiger partial charge in [-0.2, -0.15) is 28.4 Å². The molecule has 0 saturated carbocycles. The molecule has 0 aliphatic heterocycles. The normalized spacial score (nSPS) is 12.5. The minimum atomic E-state index is -4.58. The number of nitrogens with two attached hydrogens (primary N) is 1. The largest absolute Gasteiger partial charge is 0.416 e. The molecule has 204 valence electrons. The number of nitrogens with one attached hydrogen (secondary N) is 4. The lowest BCUT2D eigenvalue weighted by Gasteiger charge is -2.19. The van der Waals surface area contributed by atoms with Crippen molar-refractivity contribution in [3.05, 3.63) is 65.2 Å². The number of carbonyl (C=O) groups excluding carboxylic acids is 2. The molecule has 1 aromatic heterocycles. The lowest BCUT2D eigenvalue weighted by atomic mass is 10.2. The molecule has 0 saturated heterocycles. The molecule has 3 aromatic rings. The van der Waals surface area contributed by atoms with Gasteiger partial charge in [0.05, 0.1) is 5.56 Å². The second kappa shape index (κ2) is 12.1. The molecule has 0 fully saturated rings. The van der Waals surface area contributed by atoms with Crippen LogP contribution in [0.15, 0.2) is 48.5 Å². The molecule has 2 amide bonds. The summed E-state index contributed by atoms with van der Waals surface area (Å²) in [7, 11) is 0. The molecule has 0 unspecified atom stereocenters. The number of rotatable bonds is 9. The van der Waals surface area contributed by atoms with Crippen LogP contribution in [0.25, 0.3) is 0 Å². The minimum absolute atomic E-state index is 0.0783. The maximum Gasteiger partial charge on any atom is 0.416 e. The van der Waals surface area contributed by atoms with Crippen molar-refractivity contribution < 1.29 is 27.2 Å². The number of carbonyl (C=O) groups is 2. The molecule has 39 heavy (non-hydrogen) atoms. The highest BCUT2D eigenvalue weighted by Gasteiger charge is 2.30. The van der Waals surface area contributed by atoms with E-state index in [9.17, 15) is 32.4 Å². The Morgan fingerprint density at radius 3 is 1.95 bits per heavy atom. The number of anilines is 5. The van der Waals surface area contributed by atoms with Crippen LogP contribution in [-0.4, -0.2) is 33.9 Å². The van der Waals surface area contributed by atoms with Gasteiger partial charge in [0.15, 0.2) is 11.6 Å². The van der Waals surface area contributed by atoms with E-state index in [1.807, 2.05) is 6.07 Å². The Kier molecular flexibility index (Phi) is 8.87. The van der Waals surface area contributed by atoms with Gasteiger partial charge in [0, 0.05) is 11.4 Å². The molecule has 0 aliphatic carbocycles. The summed E-state index contributed by atoms with van der Waals surface area (Å²) >= 11 is 0. The number of hydrogen-bond donors (Lipinski definition) is 5. The van der Waals surface area contributed by atoms with Gasteiger partial charge in [-0.3, -0.25) is 9.59 Å². The summed E-state index contributed by atoms with van der Waals surface area (Å²) in [4.78, 5) is 33.2. The maximum absolute atomic E-state index is 13.0. The van der Waals surface area contributed by atoms with Gasteiger partial charge < -0.3 is 27.0 Å². The van der Waals surface area contributed by atoms with Crippen molar-refractivity contribution in [2.45, 2.75) is 38.8 Å². The van der Waals surface area contributed by atoms with Crippen molar-refractivity contribution >= 4 is 40.8 Å². The van der Waals surface area contributed by atoms with Gasteiger partial charge in [-0.05, 0) is 49.7 Å². The van der Waals surface area contributed by atoms with E-state index in [4.69, 9.17) is 5.73 Å². The summed E-state index contributed by atoms with van der Waals surface area (Å²) in [6.45, 7) is 2.19. The van der Waals surface area contributed by atoms with Gasteiger partial charge in [-0.1, -0.05) is 18.2 Å². The minimum Gasteiger partial charge on any atom is -0.368 e. The van der Waals surface area contributed by atoms with Crippen LogP contribution >= 0.6 is 0 Å². The fraction of sp³-hybridized carbons (Fsp3) is 0.240. The molecule has 14 heteroatoms. The summed E-state index contributed by atoms with van der Waals surface area (Å²) in [6, 6.07) is 10.2. The topological polar surface area (TPSA) is 158 Å². The predicted molar refractivity (Wildman–Crippen MR) is 137 cm³/mol. The van der Waals surface area contributed by atoms with Gasteiger partial charge in [-0.25, -0.2) is 4.39 Å². The van der Waals surface area contributed by atoms with Crippen LogP contribution in [0.4, 0.5) is 46.5 Å². The van der Waals surface area contributed by atoms with Crippen LogP contribution in [0.1, 0.15) is 30.5 Å². The fourth-order valence-corrected chi connectivity index (χ4v) is 3.34. The lowest BCUT2D eigenvalue weighted by molar-refractivity contribution is -0.137. The van der Waals surface area contributed by atoms with E-state index in [-0.39, 0.29) is 28.8 Å². The van der Waals surface area contributed by atoms with E-state index in [1.165, 1.54) is 26.0 Å². The highest BCUT2D eigenvalue weighted by atomic mass is 19.4. The monoisotopic (exact) mass is 544 g/mol. The molecular formula is C25H24F4N8O2. The Hall–Kier alpha value is -4.93. The fourth-order valence-electron chi connectivity index (χ4n) is 3.34. The Balaban J connectivity index is 1.73. The van der Waals surface area contributed by atoms with Crippen molar-refractivity contribution in [3.63, 3.8) is 0 Å². The molecule has 0 spiro atoms. The van der Waals surface area contributed by atoms with Crippen LogP contribution in [0, 0.1) is 11.3 Å². The Labute approximate surface area is 220 Å². The smallest absolute Gasteiger partial charge is 0.368 e. The third-order valence-corrected chi connectivity index (χ3v) is 5.34. The summed E-state index contributed by atoms with van der Waals surface area (Å²) in [5, 5.41) is 20.2. The van der Waals surface area contributed by atoms with E-state index >= 15 is 0 Å². The number of alkyl halides is 4. The van der Waals surface area contributed by atoms with E-state index in [0.717, 1.165) is 18.2 Å². The summed E-state index contributed by atoms with van der Waals surface area (Å²) in [5.74, 6) is -1.75. The molecule has 2 aromatic carbocycles. The number of nitriles is 1. The van der Waals surface area contributed by atoms with Crippen molar-refractivity contribution in [2.75, 3.05) is 27.0 Å². The molecule has 3 rings (SSSR count). The van der Waals surface area contributed by atoms with Crippen molar-refractivity contribution in [3.8, 4) is 6.07 Å². The molecule has 0 aliphatic rings. The Morgan fingerprint density at radius 2 is 1.46 bits per heavy atom. The second-order valence-electron chi connectivity index (χ2n) is 8.39. The molecular weight excluding hydrogens is 520 g/mol. The Morgan fingerprint density at radius 1 is 0.949 bits per heavy atom. The van der Waals surface area contributed by atoms with Crippen molar-refractivity contribution in [1.82, 2.24) is 9.97 Å². The molecule has 2 atom stereocenters. The van der Waals surface area contributed by atoms with Crippen LogP contribution in [0.3, 0.4) is 0 Å². The number of halogens is 4. The highest BCUT2D eigenvalue weighted by molar-refractivity contribution is 5.97. The third kappa shape index (κ3) is 7.54. The zero-order valence-corrected chi connectivity index (χ0v) is 20.7. The van der Waals surface area contributed by atoms with E-state index < -0.39 is 42.3 Å². The van der Waals surface area contributed by atoms with Crippen LogP contribution in [0.2, 0.25) is 0 Å². The Bertz CT molecular complexity index is 1410. The number of nitrogens with zero attached hydrogens (tertiary/aromatic N) is 3. The molecule has 6 N–H and O–H groups in total. The second-order valence-corrected chi connectivity index (χ2v) is 8.39. The molecule has 1 heterocycles. The van der Waals surface area contributed by atoms with Crippen LogP contribution in [-0.2, 0) is 22.4 Å². The van der Waals surface area contributed by atoms with Gasteiger partial charge >= 0.3 is 6.18 Å². The molecule has 0 bridgehead atoms. The van der Waals surface area contributed by atoms with Gasteiger partial charge in [-0.15, -0.1) is 0 Å². The van der Waals surface area contributed by atoms with E-state index in [2.05, 4.69) is 31.2 Å². The quantitative estimate of drug-likeness (QED) is 0.250. The van der Waals surface area contributed by atoms with Crippen molar-refractivity contribution in [2.24, 2.45) is 0 Å². The van der Waals surface area contributed by atoms with Crippen molar-refractivity contribution in [1.29, 1.82) is 5.26 Å². The first-order valence-electron chi connectivity index (χ1n) is 11.5. The van der Waals surface area contributed by atoms with Gasteiger partial charge in [0.1, 0.15) is 30.4 Å². The first kappa shape index (κ1) is 28.6.